The highest BCUT2D eigenvalue weighted by atomic mass is 16.5. The van der Waals surface area contributed by atoms with Crippen LogP contribution in [0.4, 0.5) is 11.4 Å². The average Bonchev–Trinajstić information content (AvgIpc) is 2.49. The van der Waals surface area contributed by atoms with Gasteiger partial charge in [-0.3, -0.25) is 0 Å². The van der Waals surface area contributed by atoms with E-state index in [4.69, 9.17) is 4.74 Å². The second-order valence-corrected chi connectivity index (χ2v) is 5.91. The molecular weight excluding hydrogens is 250 g/mol. The first-order valence-electron chi connectivity index (χ1n) is 7.63. The number of nitrogens with one attached hydrogen (secondary N) is 1. The molecule has 0 radical (unpaired) electrons. The van der Waals surface area contributed by atoms with Gasteiger partial charge in [-0.15, -0.1) is 0 Å². The smallest absolute Gasteiger partial charge is 0.0621 e. The number of rotatable bonds is 3. The third kappa shape index (κ3) is 2.76. The zero-order valence-corrected chi connectivity index (χ0v) is 12.5. The minimum absolute atomic E-state index is 0.491. The van der Waals surface area contributed by atoms with Crippen molar-refractivity contribution in [3.8, 4) is 0 Å². The maximum atomic E-state index is 5.57. The lowest BCUT2D eigenvalue weighted by molar-refractivity contribution is 0.0722. The largest absolute Gasteiger partial charge is 0.379 e. The molecule has 0 aromatic heterocycles. The van der Waals surface area contributed by atoms with Crippen molar-refractivity contribution >= 4 is 11.4 Å². The van der Waals surface area contributed by atoms with Crippen LogP contribution in [0, 0.1) is 0 Å². The predicted octanol–water partition coefficient (Wildman–Crippen LogP) is 1.71. The summed E-state index contributed by atoms with van der Waals surface area (Å²) in [6.45, 7) is 7.20. The van der Waals surface area contributed by atoms with Crippen LogP contribution >= 0.6 is 0 Å². The van der Waals surface area contributed by atoms with E-state index in [1.165, 1.54) is 11.4 Å². The number of anilines is 2. The Labute approximate surface area is 121 Å². The maximum absolute atomic E-state index is 5.57. The van der Waals surface area contributed by atoms with Crippen molar-refractivity contribution in [2.75, 3.05) is 49.7 Å². The van der Waals surface area contributed by atoms with Gasteiger partial charge >= 0.3 is 0 Å². The molecule has 1 N–H and O–H groups in total. The van der Waals surface area contributed by atoms with E-state index in [1.54, 1.807) is 0 Å². The van der Waals surface area contributed by atoms with Crippen LogP contribution in [-0.4, -0.2) is 52.0 Å². The van der Waals surface area contributed by atoms with Gasteiger partial charge in [-0.05, 0) is 25.5 Å². The average molecular weight is 275 g/mol. The summed E-state index contributed by atoms with van der Waals surface area (Å²) in [6.07, 6.45) is 1.14. The first-order chi connectivity index (χ1) is 9.75. The molecule has 0 amide bonds. The fraction of sp³-hybridized carbons (Fsp3) is 0.625. The number of benzene rings is 1. The highest BCUT2D eigenvalue weighted by Gasteiger charge is 2.26. The van der Waals surface area contributed by atoms with Gasteiger partial charge in [0, 0.05) is 38.8 Å². The van der Waals surface area contributed by atoms with Crippen LogP contribution < -0.4 is 15.1 Å². The maximum Gasteiger partial charge on any atom is 0.0621 e. The Kier molecular flexibility index (Phi) is 4.13. The van der Waals surface area contributed by atoms with Gasteiger partial charge < -0.3 is 19.9 Å². The molecule has 110 valence electrons. The molecule has 2 heterocycles. The van der Waals surface area contributed by atoms with E-state index in [2.05, 4.69) is 53.4 Å². The Morgan fingerprint density at radius 1 is 1.30 bits per heavy atom. The van der Waals surface area contributed by atoms with Crippen LogP contribution in [0.2, 0.25) is 0 Å². The van der Waals surface area contributed by atoms with Crippen LogP contribution in [0.15, 0.2) is 24.3 Å². The lowest BCUT2D eigenvalue weighted by Gasteiger charge is -2.41. The Hall–Kier alpha value is -1.26. The molecule has 2 aliphatic heterocycles. The lowest BCUT2D eigenvalue weighted by Crippen LogP contribution is -2.49. The fourth-order valence-electron chi connectivity index (χ4n) is 3.30. The topological polar surface area (TPSA) is 27.7 Å². The van der Waals surface area contributed by atoms with E-state index in [0.29, 0.717) is 12.1 Å². The molecule has 1 aromatic carbocycles. The third-order valence-electron chi connectivity index (χ3n) is 4.43. The lowest BCUT2D eigenvalue weighted by atomic mass is 10.0. The SMILES string of the molecule is CC(CC1COCCN1)N1CCN(C)c2ccccc21. The highest BCUT2D eigenvalue weighted by Crippen LogP contribution is 2.33. The second kappa shape index (κ2) is 6.02. The molecule has 20 heavy (non-hydrogen) atoms. The van der Waals surface area contributed by atoms with E-state index < -0.39 is 0 Å². The third-order valence-corrected chi connectivity index (χ3v) is 4.43. The molecule has 1 aromatic rings. The van der Waals surface area contributed by atoms with E-state index >= 15 is 0 Å². The summed E-state index contributed by atoms with van der Waals surface area (Å²) >= 11 is 0. The van der Waals surface area contributed by atoms with Gasteiger partial charge in [0.2, 0.25) is 0 Å². The van der Waals surface area contributed by atoms with Crippen molar-refractivity contribution in [1.29, 1.82) is 0 Å². The first-order valence-corrected chi connectivity index (χ1v) is 7.63. The summed E-state index contributed by atoms with van der Waals surface area (Å²) in [4.78, 5) is 4.89. The summed E-state index contributed by atoms with van der Waals surface area (Å²) in [5, 5.41) is 3.56. The number of fused-ring (bicyclic) bond motifs is 1. The van der Waals surface area contributed by atoms with Crippen molar-refractivity contribution < 1.29 is 4.74 Å². The molecule has 2 aliphatic rings. The summed E-state index contributed by atoms with van der Waals surface area (Å²) < 4.78 is 5.57. The van der Waals surface area contributed by atoms with Gasteiger partial charge in [-0.2, -0.15) is 0 Å². The molecule has 2 atom stereocenters. The molecule has 2 unspecified atom stereocenters. The molecule has 1 saturated heterocycles. The summed E-state index contributed by atoms with van der Waals surface area (Å²) in [5.74, 6) is 0. The van der Waals surface area contributed by atoms with Crippen molar-refractivity contribution in [3.63, 3.8) is 0 Å². The molecule has 4 heteroatoms. The highest BCUT2D eigenvalue weighted by molar-refractivity contribution is 5.73. The number of morpholine rings is 1. The Morgan fingerprint density at radius 3 is 2.85 bits per heavy atom. The Bertz CT molecular complexity index is 445. The monoisotopic (exact) mass is 275 g/mol. The van der Waals surface area contributed by atoms with Gasteiger partial charge in [0.1, 0.15) is 0 Å². The first kappa shape index (κ1) is 13.7. The molecule has 0 bridgehead atoms. The van der Waals surface area contributed by atoms with Crippen molar-refractivity contribution in [3.05, 3.63) is 24.3 Å². The molecule has 0 spiro atoms. The van der Waals surface area contributed by atoms with Crippen LogP contribution in [0.25, 0.3) is 0 Å². The molecule has 4 nitrogen and oxygen atoms in total. The minimum atomic E-state index is 0.491. The van der Waals surface area contributed by atoms with E-state index in [9.17, 15) is 0 Å². The standard InChI is InChI=1S/C16H25N3O/c1-13(11-14-12-20-10-7-17-14)19-9-8-18(2)15-5-3-4-6-16(15)19/h3-6,13-14,17H,7-12H2,1-2H3. The van der Waals surface area contributed by atoms with Crippen molar-refractivity contribution in [2.45, 2.75) is 25.4 Å². The summed E-state index contributed by atoms with van der Waals surface area (Å²) in [5.41, 5.74) is 2.71. The second-order valence-electron chi connectivity index (χ2n) is 5.91. The quantitative estimate of drug-likeness (QED) is 0.909. The van der Waals surface area contributed by atoms with Gasteiger partial charge in [-0.25, -0.2) is 0 Å². The number of para-hydroxylation sites is 2. The number of hydrogen-bond donors (Lipinski definition) is 1. The van der Waals surface area contributed by atoms with Gasteiger partial charge in [0.25, 0.3) is 0 Å². The molecular formula is C16H25N3O. The molecule has 0 saturated carbocycles. The minimum Gasteiger partial charge on any atom is -0.379 e. The number of nitrogens with zero attached hydrogens (tertiary/aromatic N) is 2. The fourth-order valence-corrected chi connectivity index (χ4v) is 3.30. The van der Waals surface area contributed by atoms with E-state index in [0.717, 1.165) is 39.3 Å². The van der Waals surface area contributed by atoms with Crippen LogP contribution in [0.3, 0.4) is 0 Å². The zero-order chi connectivity index (χ0) is 13.9. The number of likely N-dealkylation sites (N-methyl/N-ethyl adjacent to an activating group) is 1. The van der Waals surface area contributed by atoms with E-state index in [-0.39, 0.29) is 0 Å². The molecule has 1 fully saturated rings. The number of hydrogen-bond acceptors (Lipinski definition) is 4. The Balaban J connectivity index is 1.71. The predicted molar refractivity (Wildman–Crippen MR) is 83.7 cm³/mol. The molecule has 0 aliphatic carbocycles. The summed E-state index contributed by atoms with van der Waals surface area (Å²) in [7, 11) is 2.18. The normalized spacial score (nSPS) is 24.4. The van der Waals surface area contributed by atoms with Crippen LogP contribution in [0.5, 0.6) is 0 Å². The van der Waals surface area contributed by atoms with Crippen molar-refractivity contribution in [1.82, 2.24) is 5.32 Å². The van der Waals surface area contributed by atoms with Crippen LogP contribution in [0.1, 0.15) is 13.3 Å². The number of ether oxygens (including phenoxy) is 1. The molecule has 3 rings (SSSR count). The van der Waals surface area contributed by atoms with E-state index in [1.807, 2.05) is 0 Å². The van der Waals surface area contributed by atoms with Gasteiger partial charge in [0.15, 0.2) is 0 Å². The van der Waals surface area contributed by atoms with Crippen molar-refractivity contribution in [2.24, 2.45) is 0 Å². The van der Waals surface area contributed by atoms with Gasteiger partial charge in [0.05, 0.1) is 24.6 Å². The zero-order valence-electron chi connectivity index (χ0n) is 12.5. The Morgan fingerprint density at radius 2 is 2.10 bits per heavy atom. The van der Waals surface area contributed by atoms with Crippen LogP contribution in [-0.2, 0) is 4.74 Å². The van der Waals surface area contributed by atoms with Gasteiger partial charge in [-0.1, -0.05) is 12.1 Å². The summed E-state index contributed by atoms with van der Waals surface area (Å²) in [6, 6.07) is 9.75.